The number of rotatable bonds is 4. The molecule has 2 unspecified atom stereocenters. The van der Waals surface area contributed by atoms with Crippen molar-refractivity contribution in [1.29, 1.82) is 0 Å². The molecule has 0 radical (unpaired) electrons. The molecule has 0 aliphatic carbocycles. The number of carbonyl (C=O) groups is 1. The molecule has 5 heterocycles. The van der Waals surface area contributed by atoms with Crippen molar-refractivity contribution in [1.82, 2.24) is 20.3 Å². The molecule has 9 nitrogen and oxygen atoms in total. The highest BCUT2D eigenvalue weighted by atomic mass is 16.5. The van der Waals surface area contributed by atoms with Crippen LogP contribution in [0.1, 0.15) is 23.7 Å². The van der Waals surface area contributed by atoms with Crippen LogP contribution in [0.4, 0.5) is 11.8 Å². The summed E-state index contributed by atoms with van der Waals surface area (Å²) >= 11 is 0. The number of piperidine rings is 1. The number of nitrogens with one attached hydrogen (secondary N) is 1. The van der Waals surface area contributed by atoms with Crippen LogP contribution in [0.2, 0.25) is 0 Å². The van der Waals surface area contributed by atoms with Crippen molar-refractivity contribution in [3.63, 3.8) is 0 Å². The monoisotopic (exact) mass is 474 g/mol. The standard InChI is InChI=1S/C26H30N6O3/c1-16-14-34-9-8-32(16)24-21-6-7-22(18-4-3-5-19(11-18)25(33)27-2)28-23(21)29-26(30-24)31-12-17-10-20(13-31)35-15-17/h3-7,11,16-17,20H,8-10,12-15H2,1-2H3,(H,27,33)/t16-,17?,20?/m0/s1. The van der Waals surface area contributed by atoms with E-state index in [1.165, 1.54) is 0 Å². The maximum atomic E-state index is 12.2. The number of fused-ring (bicyclic) bond motifs is 3. The van der Waals surface area contributed by atoms with Crippen LogP contribution >= 0.6 is 0 Å². The average Bonchev–Trinajstić information content (AvgIpc) is 3.24. The lowest BCUT2D eigenvalue weighted by atomic mass is 10.0. The highest BCUT2D eigenvalue weighted by Crippen LogP contribution is 2.33. The fourth-order valence-electron chi connectivity index (χ4n) is 5.34. The Morgan fingerprint density at radius 3 is 2.86 bits per heavy atom. The largest absolute Gasteiger partial charge is 0.377 e. The van der Waals surface area contributed by atoms with E-state index >= 15 is 0 Å². The van der Waals surface area contributed by atoms with Gasteiger partial charge in [-0.1, -0.05) is 12.1 Å². The molecule has 1 amide bonds. The van der Waals surface area contributed by atoms with Gasteiger partial charge in [0.25, 0.3) is 5.91 Å². The van der Waals surface area contributed by atoms with Gasteiger partial charge in [0.05, 0.1) is 43.0 Å². The molecule has 0 spiro atoms. The molecule has 1 N–H and O–H groups in total. The third kappa shape index (κ3) is 4.19. The molecule has 0 saturated carbocycles. The highest BCUT2D eigenvalue weighted by Gasteiger charge is 2.35. The fraction of sp³-hybridized carbons (Fsp3) is 0.462. The predicted molar refractivity (Wildman–Crippen MR) is 134 cm³/mol. The summed E-state index contributed by atoms with van der Waals surface area (Å²) in [5, 5.41) is 3.60. The third-order valence-electron chi connectivity index (χ3n) is 7.16. The van der Waals surface area contributed by atoms with Gasteiger partial charge in [-0.15, -0.1) is 0 Å². The van der Waals surface area contributed by atoms with E-state index in [9.17, 15) is 4.79 Å². The number of ether oxygens (including phenoxy) is 2. The van der Waals surface area contributed by atoms with Gasteiger partial charge in [-0.05, 0) is 37.6 Å². The summed E-state index contributed by atoms with van der Waals surface area (Å²) in [6, 6.07) is 11.7. The first-order chi connectivity index (χ1) is 17.1. The number of nitrogens with zero attached hydrogens (tertiary/aromatic N) is 5. The van der Waals surface area contributed by atoms with Crippen molar-refractivity contribution in [2.75, 3.05) is 56.3 Å². The van der Waals surface area contributed by atoms with E-state index in [-0.39, 0.29) is 18.1 Å². The summed E-state index contributed by atoms with van der Waals surface area (Å²) in [6.07, 6.45) is 1.35. The second-order valence-electron chi connectivity index (χ2n) is 9.65. The number of hydrogen-bond acceptors (Lipinski definition) is 8. The summed E-state index contributed by atoms with van der Waals surface area (Å²) in [5.41, 5.74) is 2.90. The topological polar surface area (TPSA) is 92.7 Å². The minimum Gasteiger partial charge on any atom is -0.377 e. The zero-order valence-electron chi connectivity index (χ0n) is 20.1. The van der Waals surface area contributed by atoms with Crippen LogP contribution in [-0.2, 0) is 9.47 Å². The van der Waals surface area contributed by atoms with Gasteiger partial charge in [0, 0.05) is 43.7 Å². The molecule has 182 valence electrons. The number of pyridine rings is 1. The SMILES string of the molecule is CNC(=O)c1cccc(-c2ccc3c(N4CCOC[C@@H]4C)nc(N4CC5COC(C5)C4)nc3n2)c1. The molecule has 6 rings (SSSR count). The molecule has 3 aliphatic rings. The molecule has 3 fully saturated rings. The molecular weight excluding hydrogens is 444 g/mol. The van der Waals surface area contributed by atoms with E-state index in [1.54, 1.807) is 13.1 Å². The number of aromatic nitrogens is 3. The minimum atomic E-state index is -0.122. The number of amides is 1. The van der Waals surface area contributed by atoms with Gasteiger partial charge in [-0.25, -0.2) is 4.98 Å². The first kappa shape index (κ1) is 22.2. The normalized spacial score (nSPS) is 24.1. The molecule has 2 bridgehead atoms. The van der Waals surface area contributed by atoms with Crippen molar-refractivity contribution in [3.8, 4) is 11.3 Å². The maximum Gasteiger partial charge on any atom is 0.251 e. The molecule has 2 aromatic heterocycles. The number of anilines is 2. The van der Waals surface area contributed by atoms with Crippen LogP contribution in [-0.4, -0.2) is 79.5 Å². The molecule has 1 aromatic carbocycles. The van der Waals surface area contributed by atoms with Gasteiger partial charge in [0.15, 0.2) is 5.65 Å². The molecule has 3 aromatic rings. The Balaban J connectivity index is 1.45. The molecule has 3 aliphatic heterocycles. The van der Waals surface area contributed by atoms with Crippen molar-refractivity contribution in [3.05, 3.63) is 42.0 Å². The zero-order chi connectivity index (χ0) is 23.9. The smallest absolute Gasteiger partial charge is 0.251 e. The molecule has 3 saturated heterocycles. The Hall–Kier alpha value is -3.30. The summed E-state index contributed by atoms with van der Waals surface area (Å²) in [5.74, 6) is 2.00. The highest BCUT2D eigenvalue weighted by molar-refractivity contribution is 5.95. The van der Waals surface area contributed by atoms with E-state index in [1.807, 2.05) is 24.3 Å². The fourth-order valence-corrected chi connectivity index (χ4v) is 5.34. The van der Waals surface area contributed by atoms with Crippen molar-refractivity contribution < 1.29 is 14.3 Å². The van der Waals surface area contributed by atoms with Crippen LogP contribution in [0.5, 0.6) is 0 Å². The van der Waals surface area contributed by atoms with Gasteiger partial charge in [-0.3, -0.25) is 4.79 Å². The Morgan fingerprint density at radius 2 is 2.03 bits per heavy atom. The lowest BCUT2D eigenvalue weighted by Gasteiger charge is -2.36. The van der Waals surface area contributed by atoms with E-state index in [0.29, 0.717) is 36.3 Å². The Morgan fingerprint density at radius 1 is 1.11 bits per heavy atom. The lowest BCUT2D eigenvalue weighted by Crippen LogP contribution is -2.45. The van der Waals surface area contributed by atoms with Crippen LogP contribution in [0.15, 0.2) is 36.4 Å². The van der Waals surface area contributed by atoms with Gasteiger partial charge >= 0.3 is 0 Å². The number of benzene rings is 1. The van der Waals surface area contributed by atoms with Gasteiger partial charge in [0.1, 0.15) is 5.82 Å². The number of morpholine rings is 1. The molecule has 9 heteroatoms. The van der Waals surface area contributed by atoms with Crippen molar-refractivity contribution >= 4 is 28.7 Å². The Kier molecular flexibility index (Phi) is 5.74. The van der Waals surface area contributed by atoms with Crippen LogP contribution in [0, 0.1) is 5.92 Å². The van der Waals surface area contributed by atoms with Gasteiger partial charge in [0.2, 0.25) is 5.95 Å². The van der Waals surface area contributed by atoms with Crippen LogP contribution < -0.4 is 15.1 Å². The second kappa shape index (κ2) is 9.05. The minimum absolute atomic E-state index is 0.122. The second-order valence-corrected chi connectivity index (χ2v) is 9.65. The Labute approximate surface area is 204 Å². The van der Waals surface area contributed by atoms with E-state index < -0.39 is 0 Å². The van der Waals surface area contributed by atoms with Gasteiger partial charge in [-0.2, -0.15) is 9.97 Å². The van der Waals surface area contributed by atoms with Crippen molar-refractivity contribution in [2.45, 2.75) is 25.5 Å². The number of hydrogen-bond donors (Lipinski definition) is 1. The molecule has 35 heavy (non-hydrogen) atoms. The van der Waals surface area contributed by atoms with E-state index in [4.69, 9.17) is 24.4 Å². The van der Waals surface area contributed by atoms with Crippen LogP contribution in [0.25, 0.3) is 22.3 Å². The first-order valence-corrected chi connectivity index (χ1v) is 12.3. The predicted octanol–water partition coefficient (Wildman–Crippen LogP) is 2.50. The summed E-state index contributed by atoms with van der Waals surface area (Å²) in [4.78, 5) is 31.7. The first-order valence-electron chi connectivity index (χ1n) is 12.3. The third-order valence-corrected chi connectivity index (χ3v) is 7.16. The number of carbonyl (C=O) groups excluding carboxylic acids is 1. The van der Waals surface area contributed by atoms with E-state index in [2.05, 4.69) is 28.1 Å². The van der Waals surface area contributed by atoms with E-state index in [0.717, 1.165) is 55.1 Å². The van der Waals surface area contributed by atoms with Crippen LogP contribution in [0.3, 0.4) is 0 Å². The summed E-state index contributed by atoms with van der Waals surface area (Å²) in [7, 11) is 1.63. The summed E-state index contributed by atoms with van der Waals surface area (Å²) < 4.78 is 11.6. The average molecular weight is 475 g/mol. The maximum absolute atomic E-state index is 12.2. The van der Waals surface area contributed by atoms with Gasteiger partial charge < -0.3 is 24.6 Å². The lowest BCUT2D eigenvalue weighted by molar-refractivity contribution is 0.0963. The summed E-state index contributed by atoms with van der Waals surface area (Å²) in [6.45, 7) is 6.78. The van der Waals surface area contributed by atoms with Crippen molar-refractivity contribution in [2.24, 2.45) is 5.92 Å². The Bertz CT molecular complexity index is 1260. The molecular formula is C26H30N6O3. The zero-order valence-corrected chi connectivity index (χ0v) is 20.1. The quantitative estimate of drug-likeness (QED) is 0.617. The molecule has 3 atom stereocenters.